The van der Waals surface area contributed by atoms with Crippen molar-refractivity contribution in [1.82, 2.24) is 10.3 Å². The number of pyridine rings is 1. The Balaban J connectivity index is 1.80. The number of carbonyl (C=O) groups excluding carboxylic acids is 1. The molecule has 5 heteroatoms. The predicted octanol–water partition coefficient (Wildman–Crippen LogP) is 1.80. The molecule has 0 saturated carbocycles. The maximum absolute atomic E-state index is 12.5. The fraction of sp³-hybridized carbons (Fsp3) is 0.375. The number of hydrogen-bond acceptors (Lipinski definition) is 4. The number of fused-ring (bicyclic) bond motifs is 1. The van der Waals surface area contributed by atoms with Crippen molar-refractivity contribution in [3.05, 3.63) is 36.5 Å². The molecule has 2 unspecified atom stereocenters. The molecule has 1 saturated heterocycles. The van der Waals surface area contributed by atoms with Gasteiger partial charge in [0.25, 0.3) is 0 Å². The van der Waals surface area contributed by atoms with Gasteiger partial charge in [0.1, 0.15) is 0 Å². The molecule has 1 aromatic carbocycles. The van der Waals surface area contributed by atoms with Gasteiger partial charge in [-0.25, -0.2) is 0 Å². The van der Waals surface area contributed by atoms with Crippen molar-refractivity contribution in [3.8, 4) is 0 Å². The van der Waals surface area contributed by atoms with Gasteiger partial charge in [0.15, 0.2) is 0 Å². The number of ether oxygens (including phenoxy) is 1. The maximum Gasteiger partial charge on any atom is 0.231 e. The summed E-state index contributed by atoms with van der Waals surface area (Å²) in [6.07, 6.45) is 1.75. The molecule has 0 spiro atoms. The summed E-state index contributed by atoms with van der Waals surface area (Å²) < 4.78 is 5.43. The Morgan fingerprint density at radius 1 is 1.33 bits per heavy atom. The van der Waals surface area contributed by atoms with E-state index in [-0.39, 0.29) is 17.9 Å². The molecular weight excluding hydrogens is 266 g/mol. The van der Waals surface area contributed by atoms with E-state index in [0.717, 1.165) is 23.1 Å². The zero-order valence-corrected chi connectivity index (χ0v) is 12.0. The van der Waals surface area contributed by atoms with Crippen molar-refractivity contribution in [3.63, 3.8) is 0 Å². The summed E-state index contributed by atoms with van der Waals surface area (Å²) in [5.74, 6) is -0.160. The van der Waals surface area contributed by atoms with Crippen molar-refractivity contribution < 1.29 is 9.53 Å². The third-order valence-electron chi connectivity index (χ3n) is 3.79. The van der Waals surface area contributed by atoms with Gasteiger partial charge in [-0.1, -0.05) is 13.0 Å². The minimum Gasteiger partial charge on any atom is -0.379 e. The molecule has 0 bridgehead atoms. The van der Waals surface area contributed by atoms with E-state index in [1.165, 1.54) is 0 Å². The molecule has 1 fully saturated rings. The number of likely N-dealkylation sites (N-methyl/N-ethyl adjacent to an activating group) is 1. The SMILES string of the molecule is CCNC1COCC1C(=O)Nc1cccc2ncccc12. The zero-order valence-electron chi connectivity index (χ0n) is 12.0. The van der Waals surface area contributed by atoms with Crippen molar-refractivity contribution >= 4 is 22.5 Å². The van der Waals surface area contributed by atoms with Gasteiger partial charge < -0.3 is 15.4 Å². The third kappa shape index (κ3) is 2.89. The highest BCUT2D eigenvalue weighted by atomic mass is 16.5. The number of aromatic nitrogens is 1. The van der Waals surface area contributed by atoms with Gasteiger partial charge in [-0.3, -0.25) is 9.78 Å². The molecule has 2 N–H and O–H groups in total. The average Bonchev–Trinajstić information content (AvgIpc) is 2.96. The third-order valence-corrected chi connectivity index (χ3v) is 3.79. The van der Waals surface area contributed by atoms with Crippen LogP contribution in [-0.4, -0.2) is 36.7 Å². The van der Waals surface area contributed by atoms with Crippen LogP contribution in [0, 0.1) is 5.92 Å². The van der Waals surface area contributed by atoms with E-state index in [2.05, 4.69) is 15.6 Å². The van der Waals surface area contributed by atoms with Crippen LogP contribution in [-0.2, 0) is 9.53 Å². The van der Waals surface area contributed by atoms with E-state index >= 15 is 0 Å². The van der Waals surface area contributed by atoms with Gasteiger partial charge in [0.05, 0.1) is 30.3 Å². The molecule has 5 nitrogen and oxygen atoms in total. The molecule has 3 rings (SSSR count). The van der Waals surface area contributed by atoms with E-state index in [1.807, 2.05) is 37.3 Å². The van der Waals surface area contributed by atoms with Crippen LogP contribution in [0.1, 0.15) is 6.92 Å². The molecule has 0 aliphatic carbocycles. The van der Waals surface area contributed by atoms with Crippen molar-refractivity contribution in [2.75, 3.05) is 25.1 Å². The molecule has 110 valence electrons. The average molecular weight is 285 g/mol. The predicted molar refractivity (Wildman–Crippen MR) is 82.1 cm³/mol. The van der Waals surface area contributed by atoms with Gasteiger partial charge in [-0.2, -0.15) is 0 Å². The molecule has 2 aromatic rings. The second-order valence-electron chi connectivity index (χ2n) is 5.17. The van der Waals surface area contributed by atoms with Crippen LogP contribution in [0.15, 0.2) is 36.5 Å². The van der Waals surface area contributed by atoms with E-state index in [9.17, 15) is 4.79 Å². The number of nitrogens with one attached hydrogen (secondary N) is 2. The Morgan fingerprint density at radius 2 is 2.24 bits per heavy atom. The van der Waals surface area contributed by atoms with Crippen LogP contribution in [0.3, 0.4) is 0 Å². The largest absolute Gasteiger partial charge is 0.379 e. The number of anilines is 1. The highest BCUT2D eigenvalue weighted by molar-refractivity contribution is 6.02. The number of hydrogen-bond donors (Lipinski definition) is 2. The van der Waals surface area contributed by atoms with E-state index in [1.54, 1.807) is 6.20 Å². The molecular formula is C16H19N3O2. The Kier molecular flexibility index (Phi) is 4.13. The molecule has 21 heavy (non-hydrogen) atoms. The number of benzene rings is 1. The topological polar surface area (TPSA) is 63.2 Å². The van der Waals surface area contributed by atoms with E-state index in [4.69, 9.17) is 4.74 Å². The van der Waals surface area contributed by atoms with Crippen molar-refractivity contribution in [2.24, 2.45) is 5.92 Å². The second-order valence-corrected chi connectivity index (χ2v) is 5.17. The number of nitrogens with zero attached hydrogens (tertiary/aromatic N) is 1. The summed E-state index contributed by atoms with van der Waals surface area (Å²) in [5.41, 5.74) is 1.67. The van der Waals surface area contributed by atoms with Crippen LogP contribution in [0.5, 0.6) is 0 Å². The number of amides is 1. The fourth-order valence-corrected chi connectivity index (χ4v) is 2.71. The second kappa shape index (κ2) is 6.20. The lowest BCUT2D eigenvalue weighted by molar-refractivity contribution is -0.120. The Morgan fingerprint density at radius 3 is 3.10 bits per heavy atom. The molecule has 2 atom stereocenters. The summed E-state index contributed by atoms with van der Waals surface area (Å²) in [5, 5.41) is 7.27. The van der Waals surface area contributed by atoms with Gasteiger partial charge in [0.2, 0.25) is 5.91 Å². The summed E-state index contributed by atoms with van der Waals surface area (Å²) in [6, 6.07) is 9.66. The first-order valence-electron chi connectivity index (χ1n) is 7.25. The lowest BCUT2D eigenvalue weighted by Gasteiger charge is -2.18. The van der Waals surface area contributed by atoms with Gasteiger partial charge >= 0.3 is 0 Å². The highest BCUT2D eigenvalue weighted by Gasteiger charge is 2.33. The first-order valence-corrected chi connectivity index (χ1v) is 7.25. The monoisotopic (exact) mass is 285 g/mol. The molecule has 1 amide bonds. The van der Waals surface area contributed by atoms with Crippen LogP contribution >= 0.6 is 0 Å². The first-order chi connectivity index (χ1) is 10.3. The van der Waals surface area contributed by atoms with Gasteiger partial charge in [0, 0.05) is 17.6 Å². The molecule has 1 aliphatic heterocycles. The minimum atomic E-state index is -0.156. The smallest absolute Gasteiger partial charge is 0.231 e. The number of rotatable bonds is 4. The van der Waals surface area contributed by atoms with Crippen LogP contribution in [0.25, 0.3) is 10.9 Å². The summed E-state index contributed by atoms with van der Waals surface area (Å²) in [6.45, 7) is 3.91. The first kappa shape index (κ1) is 14.0. The maximum atomic E-state index is 12.5. The lowest BCUT2D eigenvalue weighted by Crippen LogP contribution is -2.41. The van der Waals surface area contributed by atoms with Crippen LogP contribution in [0.2, 0.25) is 0 Å². The van der Waals surface area contributed by atoms with Crippen LogP contribution < -0.4 is 10.6 Å². The van der Waals surface area contributed by atoms with Crippen molar-refractivity contribution in [1.29, 1.82) is 0 Å². The van der Waals surface area contributed by atoms with E-state index < -0.39 is 0 Å². The van der Waals surface area contributed by atoms with Gasteiger partial charge in [-0.05, 0) is 30.8 Å². The lowest BCUT2D eigenvalue weighted by atomic mass is 10.0. The zero-order chi connectivity index (χ0) is 14.7. The normalized spacial score (nSPS) is 21.6. The fourth-order valence-electron chi connectivity index (χ4n) is 2.71. The summed E-state index contributed by atoms with van der Waals surface area (Å²) >= 11 is 0. The minimum absolute atomic E-state index is 0.00481. The molecule has 1 aliphatic rings. The van der Waals surface area contributed by atoms with Crippen molar-refractivity contribution in [2.45, 2.75) is 13.0 Å². The Bertz CT molecular complexity index is 639. The molecule has 2 heterocycles. The quantitative estimate of drug-likeness (QED) is 0.899. The molecule has 0 radical (unpaired) electrons. The Labute approximate surface area is 123 Å². The number of carbonyl (C=O) groups is 1. The standard InChI is InChI=1S/C16H19N3O2/c1-2-17-15-10-21-9-12(15)16(20)19-14-7-3-6-13-11(14)5-4-8-18-13/h3-8,12,15,17H,2,9-10H2,1H3,(H,19,20). The highest BCUT2D eigenvalue weighted by Crippen LogP contribution is 2.23. The Hall–Kier alpha value is -1.98. The van der Waals surface area contributed by atoms with Crippen LogP contribution in [0.4, 0.5) is 5.69 Å². The molecule has 1 aromatic heterocycles. The van der Waals surface area contributed by atoms with E-state index in [0.29, 0.717) is 13.2 Å². The summed E-state index contributed by atoms with van der Waals surface area (Å²) in [7, 11) is 0. The summed E-state index contributed by atoms with van der Waals surface area (Å²) in [4.78, 5) is 16.8. The van der Waals surface area contributed by atoms with Gasteiger partial charge in [-0.15, -0.1) is 0 Å².